The molecule has 5 aromatic carbocycles. The van der Waals surface area contributed by atoms with Crippen LogP contribution >= 0.6 is 0 Å². The van der Waals surface area contributed by atoms with Crippen LogP contribution in [0.4, 0.5) is 0 Å². The molecule has 0 amide bonds. The maximum atomic E-state index is 2.19. The van der Waals surface area contributed by atoms with Gasteiger partial charge in [0.1, 0.15) is 0 Å². The number of rotatable bonds is 0. The Kier molecular flexibility index (Phi) is 86.4. The van der Waals surface area contributed by atoms with Gasteiger partial charge >= 0.3 is 0 Å². The third-order valence-corrected chi connectivity index (χ3v) is 3.66. The third-order valence-electron chi connectivity index (χ3n) is 3.66. The van der Waals surface area contributed by atoms with Crippen molar-refractivity contribution < 1.29 is 0 Å². The molecule has 0 heterocycles. The SMILES string of the molecule is CC.CC.CC.CC.CC.CC.CC(C)(C)C.CC(C)(C)C.CC(C)(C)C.CC(C)(C)C.CC(C)(C)C.CC(C)(C)C.c1ccc2ccccc2c1.c1ccccc1.c1ccccc1.c1ccccc1. The van der Waals surface area contributed by atoms with Gasteiger partial charge in [0.15, 0.2) is 0 Å². The molecule has 0 radical (unpaired) electrons. The van der Waals surface area contributed by atoms with Crippen LogP contribution in [0.5, 0.6) is 0 Å². The minimum Gasteiger partial charge on any atom is -0.0683 e. The minimum absolute atomic E-state index is 0.500. The Morgan fingerprint density at radius 2 is 0.200 bits per heavy atom. The molecular weight excluding hydrogens is 841 g/mol. The van der Waals surface area contributed by atoms with Crippen molar-refractivity contribution in [3.63, 3.8) is 0 Å². The Morgan fingerprint density at radius 3 is 0.257 bits per heavy atom. The summed E-state index contributed by atoms with van der Waals surface area (Å²) in [5, 5.41) is 2.62. The summed E-state index contributed by atoms with van der Waals surface area (Å²) in [7, 11) is 0. The van der Waals surface area contributed by atoms with Crippen molar-refractivity contribution in [3.05, 3.63) is 158 Å². The Morgan fingerprint density at radius 1 is 0.143 bits per heavy atom. The Balaban J connectivity index is -0.0000000604. The zero-order valence-electron chi connectivity index (χ0n) is 55.0. The van der Waals surface area contributed by atoms with Crippen LogP contribution in [0.15, 0.2) is 158 Å². The number of hydrogen-bond acceptors (Lipinski definition) is 0. The van der Waals surface area contributed by atoms with E-state index in [1.165, 1.54) is 10.8 Å². The van der Waals surface area contributed by atoms with Gasteiger partial charge in [-0.3, -0.25) is 0 Å². The Hall–Kier alpha value is -3.64. The lowest BCUT2D eigenvalue weighted by atomic mass is 10.0. The van der Waals surface area contributed by atoms with Crippen molar-refractivity contribution in [2.24, 2.45) is 32.5 Å². The molecule has 5 aromatic rings. The van der Waals surface area contributed by atoms with E-state index in [0.29, 0.717) is 32.5 Å². The van der Waals surface area contributed by atoms with Crippen LogP contribution < -0.4 is 0 Å². The first-order valence-electron chi connectivity index (χ1n) is 27.4. The first-order chi connectivity index (χ1) is 32.0. The van der Waals surface area contributed by atoms with E-state index in [1.807, 2.05) is 192 Å². The number of fused-ring (bicyclic) bond motifs is 1. The van der Waals surface area contributed by atoms with Gasteiger partial charge in [-0.05, 0) is 43.3 Å². The smallest absolute Gasteiger partial charge is 0.0184 e. The summed E-state index contributed by atoms with van der Waals surface area (Å²) >= 11 is 0. The van der Waals surface area contributed by atoms with Crippen LogP contribution in [0, 0.1) is 32.5 Å². The second-order valence-electron chi connectivity index (χ2n) is 23.8. The first kappa shape index (κ1) is 92.5. The second kappa shape index (κ2) is 65.4. The zero-order chi connectivity index (χ0) is 58.5. The molecular formula is C70H134. The van der Waals surface area contributed by atoms with Gasteiger partial charge in [0.05, 0.1) is 0 Å². The van der Waals surface area contributed by atoms with Gasteiger partial charge in [0.2, 0.25) is 0 Å². The second-order valence-corrected chi connectivity index (χ2v) is 23.8. The molecule has 0 bridgehead atoms. The largest absolute Gasteiger partial charge is 0.0683 e. The van der Waals surface area contributed by atoms with E-state index in [-0.39, 0.29) is 0 Å². The van der Waals surface area contributed by atoms with Gasteiger partial charge in [-0.1, -0.05) is 407 Å². The summed E-state index contributed by atoms with van der Waals surface area (Å²) in [6.45, 7) is 76.5. The molecule has 0 aliphatic rings. The van der Waals surface area contributed by atoms with Gasteiger partial charge < -0.3 is 0 Å². The highest BCUT2D eigenvalue weighted by Crippen LogP contribution is 2.12. The topological polar surface area (TPSA) is 0 Å². The number of benzene rings is 5. The zero-order valence-corrected chi connectivity index (χ0v) is 55.0. The first-order valence-corrected chi connectivity index (χ1v) is 27.4. The quantitative estimate of drug-likeness (QED) is 0.145. The molecule has 70 heavy (non-hydrogen) atoms. The van der Waals surface area contributed by atoms with Gasteiger partial charge in [-0.15, -0.1) is 0 Å². The summed E-state index contributed by atoms with van der Waals surface area (Å²) < 4.78 is 0. The average molecular weight is 976 g/mol. The van der Waals surface area contributed by atoms with Crippen molar-refractivity contribution >= 4 is 10.8 Å². The van der Waals surface area contributed by atoms with E-state index >= 15 is 0 Å². The van der Waals surface area contributed by atoms with E-state index in [4.69, 9.17) is 0 Å². The fourth-order valence-corrected chi connectivity index (χ4v) is 2.29. The molecule has 0 nitrogen and oxygen atoms in total. The fourth-order valence-electron chi connectivity index (χ4n) is 2.29. The lowest BCUT2D eigenvalue weighted by Crippen LogP contribution is -1.93. The van der Waals surface area contributed by atoms with Gasteiger partial charge in [0, 0.05) is 0 Å². The molecule has 0 saturated heterocycles. The summed E-state index contributed by atoms with van der Waals surface area (Å²) in [6.07, 6.45) is 0. The molecule has 0 aromatic heterocycles. The van der Waals surface area contributed by atoms with Crippen molar-refractivity contribution in [3.8, 4) is 0 Å². The molecule has 0 heteroatoms. The average Bonchev–Trinajstić information content (AvgIpc) is 3.27. The molecule has 0 atom stereocenters. The predicted molar refractivity (Wildman–Crippen MR) is 342 cm³/mol. The molecule has 0 aliphatic carbocycles. The fraction of sp³-hybridized carbons (Fsp3) is 0.600. The molecule has 414 valence electrons. The van der Waals surface area contributed by atoms with Crippen LogP contribution in [0.3, 0.4) is 0 Å². The van der Waals surface area contributed by atoms with Crippen LogP contribution in [-0.2, 0) is 0 Å². The molecule has 0 spiro atoms. The molecule has 0 aliphatic heterocycles. The maximum absolute atomic E-state index is 2.19. The van der Waals surface area contributed by atoms with E-state index in [1.54, 1.807) is 0 Å². The van der Waals surface area contributed by atoms with E-state index in [0.717, 1.165) is 0 Å². The summed E-state index contributed by atoms with van der Waals surface area (Å²) in [6, 6.07) is 52.7. The summed E-state index contributed by atoms with van der Waals surface area (Å²) in [5.74, 6) is 0. The van der Waals surface area contributed by atoms with E-state index in [2.05, 4.69) is 215 Å². The summed E-state index contributed by atoms with van der Waals surface area (Å²) in [4.78, 5) is 0. The van der Waals surface area contributed by atoms with Crippen LogP contribution in [0.1, 0.15) is 249 Å². The third kappa shape index (κ3) is 247. The molecule has 0 unspecified atom stereocenters. The lowest BCUT2D eigenvalue weighted by molar-refractivity contribution is 0.469. The monoisotopic (exact) mass is 975 g/mol. The van der Waals surface area contributed by atoms with Gasteiger partial charge in [-0.2, -0.15) is 0 Å². The van der Waals surface area contributed by atoms with Gasteiger partial charge in [-0.25, -0.2) is 0 Å². The highest BCUT2D eigenvalue weighted by molar-refractivity contribution is 5.82. The molecule has 0 saturated carbocycles. The molecule has 0 N–H and O–H groups in total. The van der Waals surface area contributed by atoms with Crippen molar-refractivity contribution in [1.29, 1.82) is 0 Å². The van der Waals surface area contributed by atoms with E-state index in [9.17, 15) is 0 Å². The Labute approximate surface area is 448 Å². The maximum Gasteiger partial charge on any atom is -0.0184 e. The predicted octanol–water partition coefficient (Wildman–Crippen LogP) is 26.4. The van der Waals surface area contributed by atoms with Crippen molar-refractivity contribution in [1.82, 2.24) is 0 Å². The van der Waals surface area contributed by atoms with Crippen LogP contribution in [0.2, 0.25) is 0 Å². The lowest BCUT2D eigenvalue weighted by Gasteiger charge is -2.05. The van der Waals surface area contributed by atoms with Crippen molar-refractivity contribution in [2.75, 3.05) is 0 Å². The Bertz CT molecular complexity index is 1120. The molecule has 5 rings (SSSR count). The highest BCUT2D eigenvalue weighted by Gasteiger charge is 1.98. The summed E-state index contributed by atoms with van der Waals surface area (Å²) in [5.41, 5.74) is 3.00. The van der Waals surface area contributed by atoms with Crippen LogP contribution in [0.25, 0.3) is 10.8 Å². The normalized spacial score (nSPS) is 9.14. The standard InChI is InChI=1S/C10H8.3C6H6.6C5H12.6C2H6/c1-2-6-10-8-4-3-7-9(10)5-1;3*1-2-4-6-5-3-1;6*1-5(2,3)4;6*1-2/h1-8H;3*1-6H;6*1-4H3;6*1-2H3. The molecule has 0 fully saturated rings. The minimum atomic E-state index is 0.500. The number of hydrogen-bond donors (Lipinski definition) is 0. The highest BCUT2D eigenvalue weighted by atomic mass is 14.0. The van der Waals surface area contributed by atoms with Crippen LogP contribution in [-0.4, -0.2) is 0 Å². The van der Waals surface area contributed by atoms with Gasteiger partial charge in [0.25, 0.3) is 0 Å². The van der Waals surface area contributed by atoms with Crippen molar-refractivity contribution in [2.45, 2.75) is 249 Å². The van der Waals surface area contributed by atoms with E-state index < -0.39 is 0 Å².